The Morgan fingerprint density at radius 2 is 1.00 bits per heavy atom. The Hall–Kier alpha value is -0.666. The summed E-state index contributed by atoms with van der Waals surface area (Å²) < 4.78 is 17.5. The molecule has 29 heavy (non-hydrogen) atoms. The Labute approximate surface area is 181 Å². The van der Waals surface area contributed by atoms with Gasteiger partial charge in [0.05, 0.1) is 24.0 Å². The van der Waals surface area contributed by atoms with Gasteiger partial charge in [-0.3, -0.25) is 9.59 Å². The third-order valence-electron chi connectivity index (χ3n) is 5.74. The molecule has 7 heteroatoms. The highest BCUT2D eigenvalue weighted by Gasteiger charge is 2.33. The highest BCUT2D eigenvalue weighted by atomic mass is 28.4. The molecule has 0 saturated carbocycles. The van der Waals surface area contributed by atoms with Crippen molar-refractivity contribution in [3.63, 3.8) is 0 Å². The monoisotopic (exact) mass is 446 g/mol. The molecule has 0 bridgehead atoms. The van der Waals surface area contributed by atoms with Gasteiger partial charge in [-0.25, -0.2) is 0 Å². The molecule has 0 amide bonds. The SMILES string of the molecule is CCC(C)(C)C(=O)OCCC[Si](C)(C)O[Si](C)(C)CCCOC(=O)C(C)(C)CC. The number of carbonyl (C=O) groups is 2. The van der Waals surface area contributed by atoms with E-state index in [2.05, 4.69) is 26.2 Å². The molecule has 0 N–H and O–H groups in total. The molecule has 5 nitrogen and oxygen atoms in total. The van der Waals surface area contributed by atoms with Crippen molar-refractivity contribution in [1.29, 1.82) is 0 Å². The average Bonchev–Trinajstić information content (AvgIpc) is 2.60. The van der Waals surface area contributed by atoms with E-state index in [9.17, 15) is 9.59 Å². The largest absolute Gasteiger partial charge is 0.465 e. The van der Waals surface area contributed by atoms with E-state index in [0.717, 1.165) is 37.8 Å². The minimum absolute atomic E-state index is 0.115. The molecule has 0 aliphatic carbocycles. The average molecular weight is 447 g/mol. The van der Waals surface area contributed by atoms with Crippen LogP contribution in [0.3, 0.4) is 0 Å². The van der Waals surface area contributed by atoms with E-state index in [-0.39, 0.29) is 11.9 Å². The van der Waals surface area contributed by atoms with Gasteiger partial charge < -0.3 is 13.6 Å². The van der Waals surface area contributed by atoms with E-state index in [1.165, 1.54) is 0 Å². The fourth-order valence-electron chi connectivity index (χ4n) is 2.85. The highest BCUT2D eigenvalue weighted by molar-refractivity contribution is 6.84. The molecule has 0 rings (SSSR count). The van der Waals surface area contributed by atoms with Crippen LogP contribution in [0.2, 0.25) is 38.3 Å². The predicted molar refractivity (Wildman–Crippen MR) is 125 cm³/mol. The normalized spacial score (nSPS) is 13.3. The highest BCUT2D eigenvalue weighted by Crippen LogP contribution is 2.26. The zero-order valence-corrected chi connectivity index (χ0v) is 22.7. The van der Waals surface area contributed by atoms with E-state index >= 15 is 0 Å². The Morgan fingerprint density at radius 3 is 1.28 bits per heavy atom. The summed E-state index contributed by atoms with van der Waals surface area (Å²) in [5, 5.41) is 0. The van der Waals surface area contributed by atoms with E-state index in [4.69, 9.17) is 13.6 Å². The molecule has 0 aromatic heterocycles. The van der Waals surface area contributed by atoms with Crippen molar-refractivity contribution in [3.05, 3.63) is 0 Å². The van der Waals surface area contributed by atoms with Crippen molar-refractivity contribution in [2.75, 3.05) is 13.2 Å². The molecular weight excluding hydrogens is 400 g/mol. The van der Waals surface area contributed by atoms with Crippen LogP contribution in [0.4, 0.5) is 0 Å². The number of hydrogen-bond acceptors (Lipinski definition) is 5. The molecule has 0 atom stereocenters. The second-order valence-electron chi connectivity index (χ2n) is 10.6. The molecule has 0 radical (unpaired) electrons. The molecule has 0 aromatic carbocycles. The van der Waals surface area contributed by atoms with Crippen molar-refractivity contribution in [3.8, 4) is 0 Å². The minimum Gasteiger partial charge on any atom is -0.465 e. The lowest BCUT2D eigenvalue weighted by Crippen LogP contribution is -2.44. The summed E-state index contributed by atoms with van der Waals surface area (Å²) in [6, 6.07) is 1.95. The zero-order chi connectivity index (χ0) is 22.9. The van der Waals surface area contributed by atoms with E-state index in [1.54, 1.807) is 0 Å². The molecule has 0 aliphatic heterocycles. The van der Waals surface area contributed by atoms with Crippen LogP contribution in [0.15, 0.2) is 0 Å². The van der Waals surface area contributed by atoms with Crippen LogP contribution >= 0.6 is 0 Å². The first-order valence-corrected chi connectivity index (χ1v) is 17.4. The molecule has 0 saturated heterocycles. The second-order valence-corrected chi connectivity index (χ2v) is 19.4. The van der Waals surface area contributed by atoms with Crippen molar-refractivity contribution in [2.24, 2.45) is 10.8 Å². The number of esters is 2. The summed E-state index contributed by atoms with van der Waals surface area (Å²) in [5.41, 5.74) is -0.817. The smallest absolute Gasteiger partial charge is 0.311 e. The van der Waals surface area contributed by atoms with E-state index in [1.807, 2.05) is 41.5 Å². The quantitative estimate of drug-likeness (QED) is 0.182. The first-order valence-electron chi connectivity index (χ1n) is 11.1. The van der Waals surface area contributed by atoms with Gasteiger partial charge in [-0.2, -0.15) is 0 Å². The van der Waals surface area contributed by atoms with Crippen LogP contribution in [0.1, 0.15) is 67.2 Å². The maximum Gasteiger partial charge on any atom is 0.311 e. The second kappa shape index (κ2) is 11.7. The zero-order valence-electron chi connectivity index (χ0n) is 20.7. The Morgan fingerprint density at radius 1 is 0.690 bits per heavy atom. The third kappa shape index (κ3) is 11.3. The van der Waals surface area contributed by atoms with Crippen molar-refractivity contribution in [2.45, 2.75) is 106 Å². The van der Waals surface area contributed by atoms with Crippen molar-refractivity contribution in [1.82, 2.24) is 0 Å². The van der Waals surface area contributed by atoms with Crippen molar-refractivity contribution >= 4 is 28.6 Å². The third-order valence-corrected chi connectivity index (χ3v) is 13.3. The van der Waals surface area contributed by atoms with Crippen molar-refractivity contribution < 1.29 is 23.2 Å². The maximum absolute atomic E-state index is 12.1. The minimum atomic E-state index is -1.82. The Bertz CT molecular complexity index is 481. The van der Waals surface area contributed by atoms with Crippen LogP contribution < -0.4 is 0 Å². The molecule has 0 unspecified atom stereocenters. The number of hydrogen-bond donors (Lipinski definition) is 0. The lowest BCUT2D eigenvalue weighted by Gasteiger charge is -2.34. The summed E-state index contributed by atoms with van der Waals surface area (Å²) in [4.78, 5) is 24.1. The summed E-state index contributed by atoms with van der Waals surface area (Å²) in [7, 11) is -3.64. The van der Waals surface area contributed by atoms with E-state index in [0.29, 0.717) is 13.2 Å². The lowest BCUT2D eigenvalue weighted by molar-refractivity contribution is -0.154. The van der Waals surface area contributed by atoms with Gasteiger partial charge in [0, 0.05) is 0 Å². The maximum atomic E-state index is 12.1. The molecule has 0 aliphatic rings. The number of ether oxygens (including phenoxy) is 2. The van der Waals surface area contributed by atoms with Crippen LogP contribution in [0.25, 0.3) is 0 Å². The van der Waals surface area contributed by atoms with Gasteiger partial charge in [0.25, 0.3) is 0 Å². The van der Waals surface area contributed by atoms with Gasteiger partial charge in [-0.1, -0.05) is 13.8 Å². The summed E-state index contributed by atoms with van der Waals surface area (Å²) in [6.07, 6.45) is 3.25. The topological polar surface area (TPSA) is 61.8 Å². The first kappa shape index (κ1) is 28.3. The molecule has 0 spiro atoms. The fourth-order valence-corrected chi connectivity index (χ4v) is 11.6. The molecule has 172 valence electrons. The summed E-state index contributed by atoms with van der Waals surface area (Å²) in [6.45, 7) is 21.6. The summed E-state index contributed by atoms with van der Waals surface area (Å²) >= 11 is 0. The fraction of sp³-hybridized carbons (Fsp3) is 0.909. The molecular formula is C22H46O5Si2. The standard InChI is InChI=1S/C22H46O5Si2/c1-11-21(3,4)19(23)25-15-13-17-28(7,8)27-29(9,10)18-14-16-26-20(24)22(5,6)12-2/h11-18H2,1-10H3. The molecule has 0 fully saturated rings. The number of carbonyl (C=O) groups excluding carboxylic acids is 2. The Balaban J connectivity index is 4.28. The molecule has 0 heterocycles. The first-order chi connectivity index (χ1) is 13.1. The lowest BCUT2D eigenvalue weighted by atomic mass is 9.91. The number of rotatable bonds is 14. The Kier molecular flexibility index (Phi) is 11.4. The van der Waals surface area contributed by atoms with Gasteiger partial charge in [0.15, 0.2) is 16.6 Å². The van der Waals surface area contributed by atoms with E-state index < -0.39 is 27.5 Å². The van der Waals surface area contributed by atoms with Crippen LogP contribution in [0.5, 0.6) is 0 Å². The van der Waals surface area contributed by atoms with Crippen LogP contribution in [0, 0.1) is 10.8 Å². The van der Waals surface area contributed by atoms with Crippen LogP contribution in [-0.4, -0.2) is 41.8 Å². The molecule has 0 aromatic rings. The van der Waals surface area contributed by atoms with Gasteiger partial charge in [-0.15, -0.1) is 0 Å². The van der Waals surface area contributed by atoms with Crippen LogP contribution in [-0.2, 0) is 23.2 Å². The van der Waals surface area contributed by atoms with Gasteiger partial charge in [0.1, 0.15) is 0 Å². The summed E-state index contributed by atoms with van der Waals surface area (Å²) in [5.74, 6) is -0.230. The van der Waals surface area contributed by atoms with Gasteiger partial charge in [0.2, 0.25) is 0 Å². The van der Waals surface area contributed by atoms with Gasteiger partial charge >= 0.3 is 11.9 Å². The predicted octanol–water partition coefficient (Wildman–Crippen LogP) is 6.15. The van der Waals surface area contributed by atoms with Gasteiger partial charge in [-0.05, 0) is 91.7 Å².